The number of anilines is 1. The second-order valence-electron chi connectivity index (χ2n) is 10.6. The topological polar surface area (TPSA) is 117 Å². The number of hydrogen-bond donors (Lipinski definition) is 2. The first-order valence-corrected chi connectivity index (χ1v) is 14.1. The molecule has 0 spiro atoms. The summed E-state index contributed by atoms with van der Waals surface area (Å²) in [7, 11) is 0. The van der Waals surface area contributed by atoms with Crippen LogP contribution in [0.2, 0.25) is 0 Å². The van der Waals surface area contributed by atoms with Gasteiger partial charge in [-0.2, -0.15) is 10.2 Å². The van der Waals surface area contributed by atoms with Gasteiger partial charge in [-0.25, -0.2) is 4.98 Å². The molecular weight excluding hydrogens is 508 g/mol. The van der Waals surface area contributed by atoms with Crippen LogP contribution in [0.3, 0.4) is 0 Å². The Hall–Kier alpha value is -4.00. The van der Waals surface area contributed by atoms with Gasteiger partial charge >= 0.3 is 0 Å². The standard InChI is InChI=1S/C30H30N6O2S/c1-17-11-20(15-31)12-18(2)26(17)38-29-27-25(9-10-39-27)34-30(35-29)33-22-13-23-7-8-24(14-22)36(23)16-19-3-5-21(6-4-19)28(32)37/h3-6,9-12,22-24H,7-8,13-14,16H2,1-2H3,(H2,32,37)(H,33,34,35). The Morgan fingerprint density at radius 2 is 1.82 bits per heavy atom. The van der Waals surface area contributed by atoms with Crippen LogP contribution in [0.25, 0.3) is 10.2 Å². The summed E-state index contributed by atoms with van der Waals surface area (Å²) >= 11 is 1.56. The molecule has 2 aromatic heterocycles. The predicted molar refractivity (Wildman–Crippen MR) is 152 cm³/mol. The Kier molecular flexibility index (Phi) is 6.67. The average molecular weight is 539 g/mol. The lowest BCUT2D eigenvalue weighted by Crippen LogP contribution is -2.46. The summed E-state index contributed by atoms with van der Waals surface area (Å²) < 4.78 is 7.28. The van der Waals surface area contributed by atoms with E-state index in [-0.39, 0.29) is 6.04 Å². The lowest BCUT2D eigenvalue weighted by atomic mass is 9.96. The van der Waals surface area contributed by atoms with Gasteiger partial charge in [-0.15, -0.1) is 11.3 Å². The summed E-state index contributed by atoms with van der Waals surface area (Å²) in [4.78, 5) is 23.6. The van der Waals surface area contributed by atoms with Crippen LogP contribution in [0.1, 0.15) is 58.3 Å². The van der Waals surface area contributed by atoms with E-state index in [2.05, 4.69) is 16.3 Å². The summed E-state index contributed by atoms with van der Waals surface area (Å²) in [5, 5.41) is 14.9. The Labute approximate surface area is 231 Å². The van der Waals surface area contributed by atoms with Crippen molar-refractivity contribution in [1.82, 2.24) is 14.9 Å². The van der Waals surface area contributed by atoms with Crippen LogP contribution < -0.4 is 15.8 Å². The first kappa shape index (κ1) is 25.3. The summed E-state index contributed by atoms with van der Waals surface area (Å²) in [6.45, 7) is 4.77. The molecule has 0 aliphatic carbocycles. The third kappa shape index (κ3) is 5.05. The zero-order valence-corrected chi connectivity index (χ0v) is 22.8. The van der Waals surface area contributed by atoms with E-state index in [9.17, 15) is 10.1 Å². The molecule has 39 heavy (non-hydrogen) atoms. The molecule has 2 saturated heterocycles. The summed E-state index contributed by atoms with van der Waals surface area (Å²) in [6, 6.07) is 16.8. The molecule has 4 heterocycles. The second-order valence-corrected chi connectivity index (χ2v) is 11.5. The Morgan fingerprint density at radius 3 is 2.46 bits per heavy atom. The maximum absolute atomic E-state index is 11.4. The number of carbonyl (C=O) groups is 1. The fraction of sp³-hybridized carbons (Fsp3) is 0.333. The highest BCUT2D eigenvalue weighted by atomic mass is 32.1. The molecule has 2 aromatic carbocycles. The van der Waals surface area contributed by atoms with Gasteiger partial charge in [-0.05, 0) is 91.9 Å². The molecule has 198 valence electrons. The largest absolute Gasteiger partial charge is 0.437 e. The van der Waals surface area contributed by atoms with Crippen LogP contribution >= 0.6 is 11.3 Å². The SMILES string of the molecule is Cc1cc(C#N)cc(C)c1Oc1nc(NC2CC3CCC(C2)N3Cc2ccc(C(N)=O)cc2)nc2ccsc12. The molecule has 6 rings (SSSR count). The number of piperidine rings is 1. The normalized spacial score (nSPS) is 20.6. The monoisotopic (exact) mass is 538 g/mol. The number of primary amides is 1. The summed E-state index contributed by atoms with van der Waals surface area (Å²) in [5.41, 5.74) is 10.4. The molecule has 1 amide bonds. The lowest BCUT2D eigenvalue weighted by Gasteiger charge is -2.39. The van der Waals surface area contributed by atoms with Crippen LogP contribution in [-0.4, -0.2) is 38.9 Å². The average Bonchev–Trinajstić information content (AvgIpc) is 3.47. The number of nitrogens with one attached hydrogen (secondary N) is 1. The number of aromatic nitrogens is 2. The number of nitrogens with two attached hydrogens (primary N) is 1. The first-order valence-electron chi connectivity index (χ1n) is 13.2. The highest BCUT2D eigenvalue weighted by Crippen LogP contribution is 2.39. The van der Waals surface area contributed by atoms with Crippen molar-refractivity contribution >= 4 is 33.4 Å². The molecular formula is C30H30N6O2S. The molecule has 3 N–H and O–H groups in total. The second kappa shape index (κ2) is 10.3. The number of hydrogen-bond acceptors (Lipinski definition) is 8. The Bertz CT molecular complexity index is 1550. The van der Waals surface area contributed by atoms with Crippen LogP contribution in [0, 0.1) is 25.2 Å². The zero-order chi connectivity index (χ0) is 27.1. The van der Waals surface area contributed by atoms with Crippen molar-refractivity contribution < 1.29 is 9.53 Å². The highest BCUT2D eigenvalue weighted by molar-refractivity contribution is 7.17. The van der Waals surface area contributed by atoms with Gasteiger partial charge in [0.15, 0.2) is 0 Å². The summed E-state index contributed by atoms with van der Waals surface area (Å²) in [5.74, 6) is 1.45. The van der Waals surface area contributed by atoms with E-state index in [1.165, 1.54) is 18.4 Å². The summed E-state index contributed by atoms with van der Waals surface area (Å²) in [6.07, 6.45) is 4.40. The molecule has 0 radical (unpaired) electrons. The Morgan fingerprint density at radius 1 is 1.13 bits per heavy atom. The van der Waals surface area contributed by atoms with Crippen molar-refractivity contribution in [2.24, 2.45) is 5.73 Å². The molecule has 0 saturated carbocycles. The molecule has 2 aliphatic rings. The van der Waals surface area contributed by atoms with Crippen molar-refractivity contribution in [3.63, 3.8) is 0 Å². The maximum Gasteiger partial charge on any atom is 0.248 e. The number of nitrogens with zero attached hydrogens (tertiary/aromatic N) is 4. The van der Waals surface area contributed by atoms with Gasteiger partial charge < -0.3 is 15.8 Å². The van der Waals surface area contributed by atoms with E-state index >= 15 is 0 Å². The van der Waals surface area contributed by atoms with Gasteiger partial charge in [-0.3, -0.25) is 9.69 Å². The van der Waals surface area contributed by atoms with Crippen molar-refractivity contribution in [3.05, 3.63) is 75.7 Å². The maximum atomic E-state index is 11.4. The zero-order valence-electron chi connectivity index (χ0n) is 22.0. The number of thiophene rings is 1. The number of fused-ring (bicyclic) bond motifs is 3. The van der Waals surface area contributed by atoms with Crippen molar-refractivity contribution in [1.29, 1.82) is 5.26 Å². The molecule has 2 unspecified atom stereocenters. The van der Waals surface area contributed by atoms with Crippen LogP contribution in [0.15, 0.2) is 47.8 Å². The third-order valence-corrected chi connectivity index (χ3v) is 8.77. The van der Waals surface area contributed by atoms with Crippen molar-refractivity contribution in [2.45, 2.75) is 64.2 Å². The number of ether oxygens (including phenoxy) is 1. The minimum absolute atomic E-state index is 0.276. The highest BCUT2D eigenvalue weighted by Gasteiger charge is 2.40. The van der Waals surface area contributed by atoms with Gasteiger partial charge in [0, 0.05) is 30.2 Å². The fourth-order valence-electron chi connectivity index (χ4n) is 6.06. The van der Waals surface area contributed by atoms with Crippen LogP contribution in [0.4, 0.5) is 5.95 Å². The van der Waals surface area contributed by atoms with Crippen molar-refractivity contribution in [2.75, 3.05) is 5.32 Å². The van der Waals surface area contributed by atoms with Crippen LogP contribution in [-0.2, 0) is 6.54 Å². The van der Waals surface area contributed by atoms with Gasteiger partial charge in [-0.1, -0.05) is 12.1 Å². The number of rotatable bonds is 7. The van der Waals surface area contributed by atoms with E-state index in [0.717, 1.165) is 46.5 Å². The molecule has 8 nitrogen and oxygen atoms in total. The minimum atomic E-state index is -0.396. The fourth-order valence-corrected chi connectivity index (χ4v) is 6.82. The van der Waals surface area contributed by atoms with E-state index < -0.39 is 5.91 Å². The first-order chi connectivity index (χ1) is 18.9. The van der Waals surface area contributed by atoms with E-state index in [4.69, 9.17) is 20.4 Å². The van der Waals surface area contributed by atoms with Crippen molar-refractivity contribution in [3.8, 4) is 17.7 Å². The number of benzene rings is 2. The van der Waals surface area contributed by atoms with Gasteiger partial charge in [0.2, 0.25) is 17.7 Å². The number of amides is 1. The molecule has 2 atom stereocenters. The molecule has 2 fully saturated rings. The smallest absolute Gasteiger partial charge is 0.248 e. The number of aryl methyl sites for hydroxylation is 2. The molecule has 9 heteroatoms. The number of nitriles is 1. The van der Waals surface area contributed by atoms with Gasteiger partial charge in [0.05, 0.1) is 17.1 Å². The third-order valence-electron chi connectivity index (χ3n) is 7.88. The predicted octanol–water partition coefficient (Wildman–Crippen LogP) is 5.68. The van der Waals surface area contributed by atoms with E-state index in [1.54, 1.807) is 11.3 Å². The van der Waals surface area contributed by atoms with E-state index in [0.29, 0.717) is 35.0 Å². The van der Waals surface area contributed by atoms with Gasteiger partial charge in [0.1, 0.15) is 10.4 Å². The Balaban J connectivity index is 1.18. The quantitative estimate of drug-likeness (QED) is 0.311. The van der Waals surface area contributed by atoms with Crippen LogP contribution in [0.5, 0.6) is 11.6 Å². The molecule has 2 bridgehead atoms. The lowest BCUT2D eigenvalue weighted by molar-refractivity contribution is 0.1000. The minimum Gasteiger partial charge on any atom is -0.437 e. The van der Waals surface area contributed by atoms with E-state index in [1.807, 2.05) is 61.7 Å². The molecule has 2 aliphatic heterocycles. The van der Waals surface area contributed by atoms with Gasteiger partial charge in [0.25, 0.3) is 0 Å². The molecule has 4 aromatic rings. The number of carbonyl (C=O) groups excluding carboxylic acids is 1.